The topological polar surface area (TPSA) is 32.3 Å². The molecule has 19 heavy (non-hydrogen) atoms. The molecule has 1 aromatic rings. The van der Waals surface area contributed by atoms with Crippen LogP contribution in [0.15, 0.2) is 24.3 Å². The zero-order chi connectivity index (χ0) is 13.5. The highest BCUT2D eigenvalue weighted by molar-refractivity contribution is 5.18. The molecule has 0 amide bonds. The van der Waals surface area contributed by atoms with Crippen molar-refractivity contribution in [3.05, 3.63) is 35.6 Å². The molecule has 2 rings (SSSR count). The summed E-state index contributed by atoms with van der Waals surface area (Å²) < 4.78 is 12.8. The zero-order valence-electron chi connectivity index (χ0n) is 11.4. The van der Waals surface area contributed by atoms with Gasteiger partial charge in [-0.05, 0) is 43.5 Å². The summed E-state index contributed by atoms with van der Waals surface area (Å²) in [5.74, 6) is -0.257. The van der Waals surface area contributed by atoms with E-state index in [1.165, 1.54) is 50.7 Å². The highest BCUT2D eigenvalue weighted by Crippen LogP contribution is 2.19. The lowest BCUT2D eigenvalue weighted by molar-refractivity contribution is 0.165. The summed E-state index contributed by atoms with van der Waals surface area (Å²) in [6.45, 7) is 0.823. The van der Waals surface area contributed by atoms with Crippen molar-refractivity contribution in [2.24, 2.45) is 0 Å². The monoisotopic (exact) mass is 265 g/mol. The SMILES string of the molecule is OC(CCNC1CCCCCC1)c1ccc(F)cc1. The van der Waals surface area contributed by atoms with E-state index in [9.17, 15) is 9.50 Å². The molecule has 0 heterocycles. The maximum Gasteiger partial charge on any atom is 0.123 e. The quantitative estimate of drug-likeness (QED) is 0.798. The van der Waals surface area contributed by atoms with E-state index in [2.05, 4.69) is 5.32 Å². The smallest absolute Gasteiger partial charge is 0.123 e. The van der Waals surface area contributed by atoms with Crippen LogP contribution in [0.25, 0.3) is 0 Å². The van der Waals surface area contributed by atoms with Crippen molar-refractivity contribution in [3.8, 4) is 0 Å². The minimum absolute atomic E-state index is 0.257. The van der Waals surface area contributed by atoms with Crippen LogP contribution in [0.2, 0.25) is 0 Å². The second-order valence-corrected chi connectivity index (χ2v) is 5.50. The van der Waals surface area contributed by atoms with Crippen LogP contribution in [-0.2, 0) is 0 Å². The fourth-order valence-electron chi connectivity index (χ4n) is 2.76. The van der Waals surface area contributed by atoms with Crippen molar-refractivity contribution in [2.45, 2.75) is 57.1 Å². The summed E-state index contributed by atoms with van der Waals surface area (Å²) in [5, 5.41) is 13.6. The van der Waals surface area contributed by atoms with Crippen LogP contribution in [-0.4, -0.2) is 17.7 Å². The first kappa shape index (κ1) is 14.5. The normalized spacial score (nSPS) is 19.1. The van der Waals surface area contributed by atoms with E-state index >= 15 is 0 Å². The number of benzene rings is 1. The third-order valence-corrected chi connectivity index (χ3v) is 3.96. The van der Waals surface area contributed by atoms with Gasteiger partial charge < -0.3 is 10.4 Å². The van der Waals surface area contributed by atoms with Gasteiger partial charge in [-0.15, -0.1) is 0 Å². The number of hydrogen-bond acceptors (Lipinski definition) is 2. The van der Waals surface area contributed by atoms with Crippen LogP contribution in [0.1, 0.15) is 56.6 Å². The van der Waals surface area contributed by atoms with E-state index in [1.54, 1.807) is 12.1 Å². The Hall–Kier alpha value is -0.930. The molecular formula is C16H24FNO. The molecule has 1 aliphatic carbocycles. The number of halogens is 1. The van der Waals surface area contributed by atoms with Crippen LogP contribution in [0.4, 0.5) is 4.39 Å². The maximum atomic E-state index is 12.8. The van der Waals surface area contributed by atoms with Gasteiger partial charge in [0.15, 0.2) is 0 Å². The van der Waals surface area contributed by atoms with Crippen molar-refractivity contribution in [1.82, 2.24) is 5.32 Å². The number of hydrogen-bond donors (Lipinski definition) is 2. The largest absolute Gasteiger partial charge is 0.388 e. The Labute approximate surface area is 115 Å². The Balaban J connectivity index is 1.71. The number of aliphatic hydroxyl groups excluding tert-OH is 1. The molecule has 0 aliphatic heterocycles. The Morgan fingerprint density at radius 2 is 1.74 bits per heavy atom. The van der Waals surface area contributed by atoms with E-state index in [0.29, 0.717) is 12.5 Å². The first-order valence-corrected chi connectivity index (χ1v) is 7.42. The lowest BCUT2D eigenvalue weighted by Crippen LogP contribution is -2.30. The Bertz CT molecular complexity index is 358. The molecule has 2 N–H and O–H groups in total. The van der Waals surface area contributed by atoms with Gasteiger partial charge in [0.1, 0.15) is 5.82 Å². The Morgan fingerprint density at radius 3 is 2.37 bits per heavy atom. The van der Waals surface area contributed by atoms with Crippen LogP contribution < -0.4 is 5.32 Å². The summed E-state index contributed by atoms with van der Waals surface area (Å²) in [6, 6.07) is 6.73. The number of rotatable bonds is 5. The molecule has 1 saturated carbocycles. The molecular weight excluding hydrogens is 241 g/mol. The average molecular weight is 265 g/mol. The molecule has 0 radical (unpaired) electrons. The lowest BCUT2D eigenvalue weighted by atomic mass is 10.1. The summed E-state index contributed by atoms with van der Waals surface area (Å²) >= 11 is 0. The van der Waals surface area contributed by atoms with Crippen molar-refractivity contribution in [2.75, 3.05) is 6.54 Å². The molecule has 0 saturated heterocycles. The maximum absolute atomic E-state index is 12.8. The molecule has 1 unspecified atom stereocenters. The minimum atomic E-state index is -0.501. The van der Waals surface area contributed by atoms with Gasteiger partial charge in [-0.2, -0.15) is 0 Å². The highest BCUT2D eigenvalue weighted by Gasteiger charge is 2.12. The van der Waals surface area contributed by atoms with Gasteiger partial charge >= 0.3 is 0 Å². The lowest BCUT2D eigenvalue weighted by Gasteiger charge is -2.18. The highest BCUT2D eigenvalue weighted by atomic mass is 19.1. The summed E-state index contributed by atoms with van der Waals surface area (Å²) in [5.41, 5.74) is 0.795. The summed E-state index contributed by atoms with van der Waals surface area (Å²) in [4.78, 5) is 0. The van der Waals surface area contributed by atoms with E-state index in [0.717, 1.165) is 12.1 Å². The number of nitrogens with one attached hydrogen (secondary N) is 1. The number of aliphatic hydroxyl groups is 1. The predicted molar refractivity (Wildman–Crippen MR) is 75.5 cm³/mol. The molecule has 1 atom stereocenters. The first-order valence-electron chi connectivity index (χ1n) is 7.42. The Morgan fingerprint density at radius 1 is 1.11 bits per heavy atom. The molecule has 1 aromatic carbocycles. The molecule has 0 bridgehead atoms. The summed E-state index contributed by atoms with van der Waals surface area (Å²) in [7, 11) is 0. The fraction of sp³-hybridized carbons (Fsp3) is 0.625. The van der Waals surface area contributed by atoms with Gasteiger partial charge in [0.05, 0.1) is 6.10 Å². The molecule has 3 heteroatoms. The molecule has 1 aliphatic rings. The molecule has 0 aromatic heterocycles. The van der Waals surface area contributed by atoms with Gasteiger partial charge in [0, 0.05) is 6.04 Å². The average Bonchev–Trinajstić information content (AvgIpc) is 2.68. The van der Waals surface area contributed by atoms with Gasteiger partial charge in [0.25, 0.3) is 0 Å². The second kappa shape index (κ2) is 7.61. The van der Waals surface area contributed by atoms with Gasteiger partial charge in [-0.25, -0.2) is 4.39 Å². The zero-order valence-corrected chi connectivity index (χ0v) is 11.4. The Kier molecular flexibility index (Phi) is 5.80. The van der Waals surface area contributed by atoms with Gasteiger partial charge in [-0.3, -0.25) is 0 Å². The van der Waals surface area contributed by atoms with Crippen LogP contribution in [0.3, 0.4) is 0 Å². The predicted octanol–water partition coefficient (Wildman–Crippen LogP) is 3.56. The van der Waals surface area contributed by atoms with Crippen molar-refractivity contribution in [3.63, 3.8) is 0 Å². The summed E-state index contributed by atoms with van der Waals surface area (Å²) in [6.07, 6.45) is 8.05. The van der Waals surface area contributed by atoms with Crippen LogP contribution >= 0.6 is 0 Å². The van der Waals surface area contributed by atoms with Crippen LogP contribution in [0, 0.1) is 5.82 Å². The van der Waals surface area contributed by atoms with Crippen molar-refractivity contribution >= 4 is 0 Å². The van der Waals surface area contributed by atoms with E-state index in [-0.39, 0.29) is 5.82 Å². The standard InChI is InChI=1S/C16H24FNO/c17-14-9-7-13(8-10-14)16(19)11-12-18-15-5-3-1-2-4-6-15/h7-10,15-16,18-19H,1-6,11-12H2. The van der Waals surface area contributed by atoms with Gasteiger partial charge in [-0.1, -0.05) is 37.8 Å². The third kappa shape index (κ3) is 4.92. The molecule has 0 spiro atoms. The minimum Gasteiger partial charge on any atom is -0.388 e. The third-order valence-electron chi connectivity index (χ3n) is 3.96. The first-order chi connectivity index (χ1) is 9.25. The van der Waals surface area contributed by atoms with Crippen molar-refractivity contribution in [1.29, 1.82) is 0 Å². The van der Waals surface area contributed by atoms with Crippen molar-refractivity contribution < 1.29 is 9.50 Å². The van der Waals surface area contributed by atoms with Gasteiger partial charge in [0.2, 0.25) is 0 Å². The van der Waals surface area contributed by atoms with E-state index in [4.69, 9.17) is 0 Å². The fourth-order valence-corrected chi connectivity index (χ4v) is 2.76. The molecule has 2 nitrogen and oxygen atoms in total. The van der Waals surface area contributed by atoms with E-state index < -0.39 is 6.10 Å². The second-order valence-electron chi connectivity index (χ2n) is 5.50. The van der Waals surface area contributed by atoms with E-state index in [1.807, 2.05) is 0 Å². The molecule has 1 fully saturated rings. The van der Waals surface area contributed by atoms with Crippen LogP contribution in [0.5, 0.6) is 0 Å². The molecule has 106 valence electrons.